The molecule has 0 unspecified atom stereocenters. The van der Waals surface area contributed by atoms with E-state index in [1.165, 1.54) is 0 Å². The van der Waals surface area contributed by atoms with E-state index in [2.05, 4.69) is 10.1 Å². The molecule has 2 N–H and O–H groups in total. The van der Waals surface area contributed by atoms with Crippen molar-refractivity contribution in [1.29, 1.82) is 0 Å². The number of aryl methyl sites for hydroxylation is 2. The second-order valence-electron chi connectivity index (χ2n) is 4.93. The quantitative estimate of drug-likeness (QED) is 0.878. The fraction of sp³-hybridized carbons (Fsp3) is 0.500. The smallest absolute Gasteiger partial charge is 0.138 e. The molecule has 0 aromatic carbocycles. The molecule has 0 aliphatic rings. The molecule has 5 nitrogen and oxygen atoms in total. The Morgan fingerprint density at radius 2 is 2.12 bits per heavy atom. The zero-order valence-corrected chi connectivity index (χ0v) is 10.7. The van der Waals surface area contributed by atoms with Gasteiger partial charge in [0.2, 0.25) is 0 Å². The lowest BCUT2D eigenvalue weighted by Gasteiger charge is -2.20. The van der Waals surface area contributed by atoms with Gasteiger partial charge < -0.3 is 14.8 Å². The van der Waals surface area contributed by atoms with Gasteiger partial charge in [-0.15, -0.1) is 0 Å². The largest absolute Gasteiger partial charge is 0.361 e. The summed E-state index contributed by atoms with van der Waals surface area (Å²) in [5.74, 6) is 0.844. The lowest BCUT2D eigenvalue weighted by molar-refractivity contribution is 0.391. The molecular formula is C12H18N4O. The van der Waals surface area contributed by atoms with Crippen molar-refractivity contribution in [3.63, 3.8) is 0 Å². The first kappa shape index (κ1) is 11.9. The maximum atomic E-state index is 6.11. The van der Waals surface area contributed by atoms with Gasteiger partial charge in [-0.05, 0) is 27.7 Å². The van der Waals surface area contributed by atoms with Crippen molar-refractivity contribution in [2.45, 2.75) is 39.8 Å². The topological polar surface area (TPSA) is 69.9 Å². The highest BCUT2D eigenvalue weighted by Gasteiger charge is 2.20. The molecule has 0 radical (unpaired) electrons. The molecule has 0 bridgehead atoms. The first-order valence-corrected chi connectivity index (χ1v) is 5.61. The van der Waals surface area contributed by atoms with Gasteiger partial charge in [0.25, 0.3) is 0 Å². The summed E-state index contributed by atoms with van der Waals surface area (Å²) in [6, 6.07) is 0. The van der Waals surface area contributed by atoms with Crippen LogP contribution in [0.1, 0.15) is 36.6 Å². The molecule has 0 saturated heterocycles. The molecule has 0 amide bonds. The first-order valence-electron chi connectivity index (χ1n) is 5.61. The van der Waals surface area contributed by atoms with Crippen LogP contribution in [0.3, 0.4) is 0 Å². The Bertz CT molecular complexity index is 499. The van der Waals surface area contributed by atoms with Gasteiger partial charge in [-0.3, -0.25) is 0 Å². The number of nitrogens with zero attached hydrogens (tertiary/aromatic N) is 3. The summed E-state index contributed by atoms with van der Waals surface area (Å²) in [5, 5.41) is 3.95. The SMILES string of the molecule is Cc1noc(C)c1Cn1cncc1C(C)(C)N. The van der Waals surface area contributed by atoms with Gasteiger partial charge in [0.05, 0.1) is 29.8 Å². The third-order valence-corrected chi connectivity index (χ3v) is 2.88. The number of rotatable bonds is 3. The molecule has 2 aromatic rings. The number of imidazole rings is 1. The number of nitrogens with two attached hydrogens (primary N) is 1. The minimum atomic E-state index is -0.407. The Kier molecular flexibility index (Phi) is 2.79. The Morgan fingerprint density at radius 1 is 1.41 bits per heavy atom. The summed E-state index contributed by atoms with van der Waals surface area (Å²) in [5.41, 5.74) is 8.70. The van der Waals surface area contributed by atoms with Crippen LogP contribution in [0.15, 0.2) is 17.0 Å². The predicted octanol–water partition coefficient (Wildman–Crippen LogP) is 1.73. The van der Waals surface area contributed by atoms with Crippen molar-refractivity contribution in [2.24, 2.45) is 5.73 Å². The van der Waals surface area contributed by atoms with E-state index in [4.69, 9.17) is 10.3 Å². The van der Waals surface area contributed by atoms with Crippen molar-refractivity contribution in [3.8, 4) is 0 Å². The summed E-state index contributed by atoms with van der Waals surface area (Å²) in [6.07, 6.45) is 3.59. The Balaban J connectivity index is 2.35. The van der Waals surface area contributed by atoms with Crippen LogP contribution in [0, 0.1) is 13.8 Å². The van der Waals surface area contributed by atoms with Gasteiger partial charge in [-0.2, -0.15) is 0 Å². The molecule has 0 aliphatic carbocycles. The van der Waals surface area contributed by atoms with Crippen LogP contribution >= 0.6 is 0 Å². The molecule has 2 rings (SSSR count). The molecule has 5 heteroatoms. The maximum Gasteiger partial charge on any atom is 0.138 e. The molecule has 92 valence electrons. The second kappa shape index (κ2) is 4.00. The van der Waals surface area contributed by atoms with E-state index in [1.54, 1.807) is 12.5 Å². The van der Waals surface area contributed by atoms with Gasteiger partial charge in [0.15, 0.2) is 0 Å². The normalized spacial score (nSPS) is 12.1. The average molecular weight is 234 g/mol. The van der Waals surface area contributed by atoms with Crippen molar-refractivity contribution >= 4 is 0 Å². The van der Waals surface area contributed by atoms with Crippen molar-refractivity contribution in [2.75, 3.05) is 0 Å². The van der Waals surface area contributed by atoms with E-state index in [9.17, 15) is 0 Å². The molecule has 2 heterocycles. The van der Waals surface area contributed by atoms with E-state index < -0.39 is 5.54 Å². The molecule has 2 aromatic heterocycles. The van der Waals surface area contributed by atoms with Crippen LogP contribution in [-0.2, 0) is 12.1 Å². The lowest BCUT2D eigenvalue weighted by atomic mass is 10.0. The highest BCUT2D eigenvalue weighted by atomic mass is 16.5. The molecular weight excluding hydrogens is 216 g/mol. The lowest BCUT2D eigenvalue weighted by Crippen LogP contribution is -2.31. The van der Waals surface area contributed by atoms with E-state index >= 15 is 0 Å². The third kappa shape index (κ3) is 2.24. The summed E-state index contributed by atoms with van der Waals surface area (Å²) >= 11 is 0. The van der Waals surface area contributed by atoms with Crippen molar-refractivity contribution < 1.29 is 4.52 Å². The van der Waals surface area contributed by atoms with E-state index in [0.717, 1.165) is 22.7 Å². The number of aromatic nitrogens is 3. The Morgan fingerprint density at radius 3 is 2.65 bits per heavy atom. The minimum Gasteiger partial charge on any atom is -0.361 e. The van der Waals surface area contributed by atoms with Crippen LogP contribution in [0.25, 0.3) is 0 Å². The minimum absolute atomic E-state index is 0.407. The van der Waals surface area contributed by atoms with Crippen LogP contribution in [0.4, 0.5) is 0 Å². The zero-order chi connectivity index (χ0) is 12.6. The van der Waals surface area contributed by atoms with E-state index in [1.807, 2.05) is 32.3 Å². The monoisotopic (exact) mass is 234 g/mol. The van der Waals surface area contributed by atoms with Crippen LogP contribution in [0.5, 0.6) is 0 Å². The van der Waals surface area contributed by atoms with Gasteiger partial charge >= 0.3 is 0 Å². The molecule has 0 saturated carbocycles. The highest BCUT2D eigenvalue weighted by Crippen LogP contribution is 2.20. The van der Waals surface area contributed by atoms with Crippen LogP contribution < -0.4 is 5.73 Å². The first-order chi connectivity index (χ1) is 7.89. The predicted molar refractivity (Wildman–Crippen MR) is 64.5 cm³/mol. The van der Waals surface area contributed by atoms with Crippen molar-refractivity contribution in [1.82, 2.24) is 14.7 Å². The van der Waals surface area contributed by atoms with Gasteiger partial charge in [-0.1, -0.05) is 5.16 Å². The van der Waals surface area contributed by atoms with E-state index in [-0.39, 0.29) is 0 Å². The van der Waals surface area contributed by atoms with Crippen LogP contribution in [0.2, 0.25) is 0 Å². The second-order valence-corrected chi connectivity index (χ2v) is 4.93. The molecule has 17 heavy (non-hydrogen) atoms. The number of hydrogen-bond donors (Lipinski definition) is 1. The van der Waals surface area contributed by atoms with Gasteiger partial charge in [-0.25, -0.2) is 4.98 Å². The summed E-state index contributed by atoms with van der Waals surface area (Å²) in [6.45, 7) is 8.48. The van der Waals surface area contributed by atoms with Crippen LogP contribution in [-0.4, -0.2) is 14.7 Å². The maximum absolute atomic E-state index is 6.11. The Labute approximate surface area is 101 Å². The fourth-order valence-corrected chi connectivity index (χ4v) is 1.88. The van der Waals surface area contributed by atoms with Crippen molar-refractivity contribution in [3.05, 3.63) is 35.2 Å². The molecule has 0 aliphatic heterocycles. The highest BCUT2D eigenvalue weighted by molar-refractivity contribution is 5.22. The summed E-state index contributed by atoms with van der Waals surface area (Å²) in [4.78, 5) is 4.16. The zero-order valence-electron chi connectivity index (χ0n) is 10.7. The number of hydrogen-bond acceptors (Lipinski definition) is 4. The summed E-state index contributed by atoms with van der Waals surface area (Å²) in [7, 11) is 0. The third-order valence-electron chi connectivity index (χ3n) is 2.88. The standard InChI is InChI=1S/C12H18N4O/c1-8-10(9(2)17-15-8)6-16-7-14-5-11(16)12(3,4)13/h5,7H,6,13H2,1-4H3. The molecule has 0 spiro atoms. The fourth-order valence-electron chi connectivity index (χ4n) is 1.88. The average Bonchev–Trinajstić information content (AvgIpc) is 2.79. The summed E-state index contributed by atoms with van der Waals surface area (Å²) < 4.78 is 7.19. The van der Waals surface area contributed by atoms with Gasteiger partial charge in [0, 0.05) is 11.8 Å². The molecule has 0 atom stereocenters. The van der Waals surface area contributed by atoms with E-state index in [0.29, 0.717) is 6.54 Å². The Hall–Kier alpha value is -1.62. The van der Waals surface area contributed by atoms with Gasteiger partial charge in [0.1, 0.15) is 5.76 Å². The molecule has 0 fully saturated rings.